The zero-order chi connectivity index (χ0) is 14.8. The molecule has 3 aromatic rings. The lowest BCUT2D eigenvalue weighted by molar-refractivity contribution is 1.19. The van der Waals surface area contributed by atoms with E-state index in [0.717, 1.165) is 27.0 Å². The van der Waals surface area contributed by atoms with E-state index in [9.17, 15) is 0 Å². The number of halogens is 1. The van der Waals surface area contributed by atoms with Crippen molar-refractivity contribution in [2.45, 2.75) is 13.5 Å². The molecule has 104 valence electrons. The second-order valence-electron chi connectivity index (χ2n) is 4.72. The summed E-state index contributed by atoms with van der Waals surface area (Å²) in [5, 5.41) is 15.8. The van der Waals surface area contributed by atoms with Crippen LogP contribution in [0.15, 0.2) is 35.8 Å². The summed E-state index contributed by atoms with van der Waals surface area (Å²) in [5.41, 5.74) is 3.59. The zero-order valence-electron chi connectivity index (χ0n) is 11.4. The first-order chi connectivity index (χ1) is 10.2. The summed E-state index contributed by atoms with van der Waals surface area (Å²) in [7, 11) is 0. The molecule has 0 aliphatic heterocycles. The van der Waals surface area contributed by atoms with Crippen LogP contribution in [0.3, 0.4) is 0 Å². The maximum absolute atomic E-state index is 8.86. The van der Waals surface area contributed by atoms with E-state index >= 15 is 0 Å². The monoisotopic (exact) mass is 313 g/mol. The predicted octanol–water partition coefficient (Wildman–Crippen LogP) is 4.74. The van der Waals surface area contributed by atoms with Gasteiger partial charge in [-0.1, -0.05) is 11.6 Å². The van der Waals surface area contributed by atoms with Crippen molar-refractivity contribution in [3.8, 4) is 6.07 Å². The largest absolute Gasteiger partial charge is 0.378 e. The van der Waals surface area contributed by atoms with Crippen molar-refractivity contribution in [3.63, 3.8) is 0 Å². The van der Waals surface area contributed by atoms with Crippen LogP contribution in [0.5, 0.6) is 0 Å². The fraction of sp³-hybridized carbons (Fsp3) is 0.125. The highest BCUT2D eigenvalue weighted by Gasteiger charge is 2.10. The number of aromatic nitrogens is 1. The molecule has 3 rings (SSSR count). The van der Waals surface area contributed by atoms with E-state index in [1.165, 1.54) is 0 Å². The van der Waals surface area contributed by atoms with Crippen LogP contribution in [0.4, 0.5) is 5.69 Å². The van der Waals surface area contributed by atoms with Crippen LogP contribution in [0, 0.1) is 18.3 Å². The van der Waals surface area contributed by atoms with Gasteiger partial charge in [0.1, 0.15) is 6.07 Å². The quantitative estimate of drug-likeness (QED) is 0.759. The molecule has 0 saturated heterocycles. The second kappa shape index (κ2) is 5.72. The van der Waals surface area contributed by atoms with Crippen molar-refractivity contribution in [3.05, 3.63) is 56.9 Å². The van der Waals surface area contributed by atoms with E-state index < -0.39 is 0 Å². The van der Waals surface area contributed by atoms with Crippen LogP contribution >= 0.6 is 22.9 Å². The van der Waals surface area contributed by atoms with E-state index in [4.69, 9.17) is 16.9 Å². The van der Waals surface area contributed by atoms with Crippen molar-refractivity contribution in [1.29, 1.82) is 5.26 Å². The van der Waals surface area contributed by atoms with Gasteiger partial charge in [0.25, 0.3) is 0 Å². The highest BCUT2D eigenvalue weighted by atomic mass is 35.5. The molecule has 0 aliphatic carbocycles. The number of hydrogen-bond acceptors (Lipinski definition) is 4. The van der Waals surface area contributed by atoms with Crippen LogP contribution in [0.1, 0.15) is 16.0 Å². The number of nitrogens with zero attached hydrogens (tertiary/aromatic N) is 2. The van der Waals surface area contributed by atoms with Gasteiger partial charge in [-0.25, -0.2) is 0 Å². The Morgan fingerprint density at radius 1 is 1.43 bits per heavy atom. The van der Waals surface area contributed by atoms with Gasteiger partial charge in [0.2, 0.25) is 0 Å². The highest BCUT2D eigenvalue weighted by molar-refractivity contribution is 7.10. The van der Waals surface area contributed by atoms with Gasteiger partial charge in [0, 0.05) is 28.4 Å². The van der Waals surface area contributed by atoms with Gasteiger partial charge in [-0.05, 0) is 36.8 Å². The van der Waals surface area contributed by atoms with Crippen LogP contribution in [0.2, 0.25) is 5.02 Å². The molecular formula is C16H12ClN3S. The lowest BCUT2D eigenvalue weighted by Gasteiger charge is -2.12. The topological polar surface area (TPSA) is 48.7 Å². The molecule has 21 heavy (non-hydrogen) atoms. The lowest BCUT2D eigenvalue weighted by Crippen LogP contribution is -2.00. The van der Waals surface area contributed by atoms with Gasteiger partial charge in [-0.2, -0.15) is 5.26 Å². The van der Waals surface area contributed by atoms with Crippen LogP contribution in [0.25, 0.3) is 10.9 Å². The van der Waals surface area contributed by atoms with E-state index in [-0.39, 0.29) is 0 Å². The van der Waals surface area contributed by atoms with Gasteiger partial charge >= 0.3 is 0 Å². The fourth-order valence-electron chi connectivity index (χ4n) is 2.27. The molecular weight excluding hydrogens is 302 g/mol. The number of rotatable bonds is 3. The maximum Gasteiger partial charge on any atom is 0.100 e. The third kappa shape index (κ3) is 2.71. The van der Waals surface area contributed by atoms with E-state index in [1.54, 1.807) is 17.5 Å². The first-order valence-electron chi connectivity index (χ1n) is 6.44. The molecule has 3 nitrogen and oxygen atoms in total. The van der Waals surface area contributed by atoms with Gasteiger partial charge in [-0.15, -0.1) is 11.3 Å². The molecule has 1 N–H and O–H groups in total. The Bertz CT molecular complexity index is 848. The van der Waals surface area contributed by atoms with Gasteiger partial charge in [0.05, 0.1) is 21.8 Å². The minimum absolute atomic E-state index is 0.638. The molecule has 0 amide bonds. The Morgan fingerprint density at radius 2 is 2.29 bits per heavy atom. The molecule has 0 fully saturated rings. The predicted molar refractivity (Wildman–Crippen MR) is 87.9 cm³/mol. The molecule has 2 heterocycles. The van der Waals surface area contributed by atoms with Crippen LogP contribution < -0.4 is 5.32 Å². The molecule has 5 heteroatoms. The van der Waals surface area contributed by atoms with E-state index in [1.807, 2.05) is 36.6 Å². The lowest BCUT2D eigenvalue weighted by atomic mass is 10.1. The third-order valence-corrected chi connectivity index (χ3v) is 4.49. The first kappa shape index (κ1) is 13.9. The standard InChI is InChI=1S/C16H12ClN3S/c1-10-5-14(17)16(13-3-2-4-19-15(10)13)20-8-12-6-11(7-18)9-21-12/h2-6,9,20H,8H2,1H3. The summed E-state index contributed by atoms with van der Waals surface area (Å²) >= 11 is 7.93. The molecule has 0 saturated carbocycles. The number of thiophene rings is 1. The number of hydrogen-bond donors (Lipinski definition) is 1. The number of nitrogens with one attached hydrogen (secondary N) is 1. The van der Waals surface area contributed by atoms with E-state index in [2.05, 4.69) is 16.4 Å². The average Bonchev–Trinajstić information content (AvgIpc) is 2.95. The summed E-state index contributed by atoms with van der Waals surface area (Å²) in [6.45, 7) is 2.64. The average molecular weight is 314 g/mol. The fourth-order valence-corrected chi connectivity index (χ4v) is 3.35. The molecule has 0 atom stereocenters. The third-order valence-electron chi connectivity index (χ3n) is 3.25. The van der Waals surface area contributed by atoms with Crippen molar-refractivity contribution < 1.29 is 0 Å². The van der Waals surface area contributed by atoms with Crippen LogP contribution in [-0.2, 0) is 6.54 Å². The van der Waals surface area contributed by atoms with Gasteiger partial charge in [0.15, 0.2) is 0 Å². The number of fused-ring (bicyclic) bond motifs is 1. The van der Waals surface area contributed by atoms with Crippen molar-refractivity contribution in [2.75, 3.05) is 5.32 Å². The number of pyridine rings is 1. The smallest absolute Gasteiger partial charge is 0.100 e. The molecule has 0 radical (unpaired) electrons. The second-order valence-corrected chi connectivity index (χ2v) is 6.12. The highest BCUT2D eigenvalue weighted by Crippen LogP contribution is 2.33. The summed E-state index contributed by atoms with van der Waals surface area (Å²) in [6, 6.07) is 9.87. The Hall–Kier alpha value is -2.09. The molecule has 0 bridgehead atoms. The van der Waals surface area contributed by atoms with E-state index in [0.29, 0.717) is 17.1 Å². The Balaban J connectivity index is 1.95. The first-order valence-corrected chi connectivity index (χ1v) is 7.70. The number of benzene rings is 1. The van der Waals surface area contributed by atoms with Gasteiger partial charge in [-0.3, -0.25) is 4.98 Å². The Labute approximate surface area is 131 Å². The van der Waals surface area contributed by atoms with Crippen molar-refractivity contribution in [1.82, 2.24) is 4.98 Å². The summed E-state index contributed by atoms with van der Waals surface area (Å²) < 4.78 is 0. The Kier molecular flexibility index (Phi) is 3.78. The van der Waals surface area contributed by atoms with Crippen molar-refractivity contribution >= 4 is 39.5 Å². The van der Waals surface area contributed by atoms with Crippen molar-refractivity contribution in [2.24, 2.45) is 0 Å². The van der Waals surface area contributed by atoms with Gasteiger partial charge < -0.3 is 5.32 Å². The summed E-state index contributed by atoms with van der Waals surface area (Å²) in [6.07, 6.45) is 1.78. The number of nitriles is 1. The molecule has 0 aliphatic rings. The molecule has 0 spiro atoms. The minimum Gasteiger partial charge on any atom is -0.378 e. The molecule has 1 aromatic carbocycles. The normalized spacial score (nSPS) is 10.5. The molecule has 0 unspecified atom stereocenters. The van der Waals surface area contributed by atoms with Crippen LogP contribution in [-0.4, -0.2) is 4.98 Å². The maximum atomic E-state index is 8.86. The molecule has 2 aromatic heterocycles. The zero-order valence-corrected chi connectivity index (χ0v) is 12.9. The summed E-state index contributed by atoms with van der Waals surface area (Å²) in [4.78, 5) is 5.51. The SMILES string of the molecule is Cc1cc(Cl)c(NCc2cc(C#N)cs2)c2cccnc12. The Morgan fingerprint density at radius 3 is 3.05 bits per heavy atom. The number of anilines is 1. The summed E-state index contributed by atoms with van der Waals surface area (Å²) in [5.74, 6) is 0. The minimum atomic E-state index is 0.638. The number of aryl methyl sites for hydroxylation is 1.